The van der Waals surface area contributed by atoms with Gasteiger partial charge in [-0.1, -0.05) is 13.8 Å². The van der Waals surface area contributed by atoms with E-state index in [4.69, 9.17) is 5.73 Å². The van der Waals surface area contributed by atoms with E-state index in [0.29, 0.717) is 11.7 Å². The topological polar surface area (TPSA) is 67.9 Å². The fourth-order valence-corrected chi connectivity index (χ4v) is 2.21. The predicted molar refractivity (Wildman–Crippen MR) is 81.7 cm³/mol. The quantitative estimate of drug-likeness (QED) is 0.903. The number of pyridine rings is 1. The molecule has 2 N–H and O–H groups in total. The maximum absolute atomic E-state index is 5.98. The van der Waals surface area contributed by atoms with Crippen LogP contribution in [0.3, 0.4) is 0 Å². The molecule has 0 saturated heterocycles. The Morgan fingerprint density at radius 3 is 2.55 bits per heavy atom. The van der Waals surface area contributed by atoms with E-state index in [2.05, 4.69) is 33.7 Å². The number of likely N-dealkylation sites (N-methyl/N-ethyl adjacent to an activating group) is 1. The molecule has 0 fully saturated rings. The zero-order valence-electron chi connectivity index (χ0n) is 12.2. The number of rotatable bonds is 5. The summed E-state index contributed by atoms with van der Waals surface area (Å²) < 4.78 is 0. The first-order chi connectivity index (χ1) is 9.59. The first kappa shape index (κ1) is 14.2. The van der Waals surface area contributed by atoms with Crippen molar-refractivity contribution in [1.29, 1.82) is 0 Å². The SMILES string of the molecule is CC(C)c1c(N)ncnc1N(C)CCc1ccncc1. The Bertz CT molecular complexity index is 553. The summed E-state index contributed by atoms with van der Waals surface area (Å²) in [7, 11) is 2.04. The minimum absolute atomic E-state index is 0.301. The number of nitrogens with zero attached hydrogens (tertiary/aromatic N) is 4. The van der Waals surface area contributed by atoms with E-state index in [-0.39, 0.29) is 0 Å². The molecule has 0 aliphatic rings. The van der Waals surface area contributed by atoms with Gasteiger partial charge in [0.25, 0.3) is 0 Å². The van der Waals surface area contributed by atoms with Gasteiger partial charge in [0, 0.05) is 31.5 Å². The molecular weight excluding hydrogens is 250 g/mol. The molecule has 0 aliphatic carbocycles. The summed E-state index contributed by atoms with van der Waals surface area (Å²) in [6.45, 7) is 5.09. The number of nitrogen functional groups attached to an aromatic ring is 1. The Morgan fingerprint density at radius 1 is 1.20 bits per heavy atom. The molecule has 2 aromatic heterocycles. The minimum Gasteiger partial charge on any atom is -0.383 e. The monoisotopic (exact) mass is 271 g/mol. The maximum atomic E-state index is 5.98. The van der Waals surface area contributed by atoms with Crippen LogP contribution in [-0.4, -0.2) is 28.5 Å². The molecule has 0 atom stereocenters. The van der Waals surface area contributed by atoms with E-state index in [1.165, 1.54) is 11.9 Å². The standard InChI is InChI=1S/C15H21N5/c1-11(2)13-14(16)18-10-19-15(13)20(3)9-6-12-4-7-17-8-5-12/h4-5,7-8,10-11H,6,9H2,1-3H3,(H2,16,18,19). The highest BCUT2D eigenvalue weighted by Gasteiger charge is 2.15. The lowest BCUT2D eigenvalue weighted by Crippen LogP contribution is -2.24. The second-order valence-electron chi connectivity index (χ2n) is 5.18. The Balaban J connectivity index is 2.13. The largest absolute Gasteiger partial charge is 0.383 e. The van der Waals surface area contributed by atoms with E-state index in [1.807, 2.05) is 31.6 Å². The molecular formula is C15H21N5. The molecule has 0 radical (unpaired) electrons. The van der Waals surface area contributed by atoms with Crippen molar-refractivity contribution in [3.8, 4) is 0 Å². The van der Waals surface area contributed by atoms with Gasteiger partial charge in [0.1, 0.15) is 18.0 Å². The number of nitrogens with two attached hydrogens (primary N) is 1. The Labute approximate surface area is 119 Å². The third-order valence-corrected chi connectivity index (χ3v) is 3.32. The number of hydrogen-bond donors (Lipinski definition) is 1. The van der Waals surface area contributed by atoms with Gasteiger partial charge in [0.2, 0.25) is 0 Å². The average Bonchev–Trinajstić information content (AvgIpc) is 2.45. The van der Waals surface area contributed by atoms with Crippen LogP contribution in [0.2, 0.25) is 0 Å². The van der Waals surface area contributed by atoms with Crippen LogP contribution in [-0.2, 0) is 6.42 Å². The third-order valence-electron chi connectivity index (χ3n) is 3.32. The molecule has 0 aromatic carbocycles. The number of aromatic nitrogens is 3. The van der Waals surface area contributed by atoms with Gasteiger partial charge in [0.05, 0.1) is 0 Å². The van der Waals surface area contributed by atoms with Crippen molar-refractivity contribution in [1.82, 2.24) is 15.0 Å². The van der Waals surface area contributed by atoms with E-state index >= 15 is 0 Å². The number of hydrogen-bond acceptors (Lipinski definition) is 5. The average molecular weight is 271 g/mol. The lowest BCUT2D eigenvalue weighted by molar-refractivity contribution is 0.802. The van der Waals surface area contributed by atoms with Gasteiger partial charge in [-0.3, -0.25) is 4.98 Å². The van der Waals surface area contributed by atoms with E-state index < -0.39 is 0 Å². The lowest BCUT2D eigenvalue weighted by Gasteiger charge is -2.23. The molecule has 0 bridgehead atoms. The van der Waals surface area contributed by atoms with Crippen LogP contribution in [0.4, 0.5) is 11.6 Å². The van der Waals surface area contributed by atoms with Gasteiger partial charge < -0.3 is 10.6 Å². The molecule has 2 rings (SSSR count). The summed E-state index contributed by atoms with van der Waals surface area (Å²) >= 11 is 0. The summed E-state index contributed by atoms with van der Waals surface area (Å²) in [6, 6.07) is 4.07. The molecule has 2 heterocycles. The molecule has 20 heavy (non-hydrogen) atoms. The van der Waals surface area contributed by atoms with Crippen LogP contribution in [0.25, 0.3) is 0 Å². The van der Waals surface area contributed by atoms with Gasteiger partial charge in [0.15, 0.2) is 0 Å². The molecule has 0 unspecified atom stereocenters. The van der Waals surface area contributed by atoms with E-state index in [9.17, 15) is 0 Å². The smallest absolute Gasteiger partial charge is 0.137 e. The molecule has 106 valence electrons. The van der Waals surface area contributed by atoms with Crippen LogP contribution < -0.4 is 10.6 Å². The van der Waals surface area contributed by atoms with Gasteiger partial charge >= 0.3 is 0 Å². The van der Waals surface area contributed by atoms with Crippen molar-refractivity contribution in [3.05, 3.63) is 42.0 Å². The van der Waals surface area contributed by atoms with Crippen molar-refractivity contribution in [3.63, 3.8) is 0 Å². The summed E-state index contributed by atoms with van der Waals surface area (Å²) in [5.41, 5.74) is 8.26. The van der Waals surface area contributed by atoms with Gasteiger partial charge in [-0.2, -0.15) is 0 Å². The highest BCUT2D eigenvalue weighted by molar-refractivity contribution is 5.57. The van der Waals surface area contributed by atoms with Crippen molar-refractivity contribution in [2.45, 2.75) is 26.2 Å². The van der Waals surface area contributed by atoms with Crippen molar-refractivity contribution >= 4 is 11.6 Å². The van der Waals surface area contributed by atoms with Gasteiger partial charge in [-0.05, 0) is 30.0 Å². The second-order valence-corrected chi connectivity index (χ2v) is 5.18. The molecule has 0 amide bonds. The zero-order valence-corrected chi connectivity index (χ0v) is 12.2. The Kier molecular flexibility index (Phi) is 4.50. The highest BCUT2D eigenvalue weighted by atomic mass is 15.2. The normalized spacial score (nSPS) is 10.8. The minimum atomic E-state index is 0.301. The molecule has 0 spiro atoms. The fraction of sp³-hybridized carbons (Fsp3) is 0.400. The van der Waals surface area contributed by atoms with Crippen molar-refractivity contribution in [2.24, 2.45) is 0 Å². The fourth-order valence-electron chi connectivity index (χ4n) is 2.21. The zero-order chi connectivity index (χ0) is 14.5. The third kappa shape index (κ3) is 3.23. The van der Waals surface area contributed by atoms with Gasteiger partial charge in [-0.25, -0.2) is 9.97 Å². The second kappa shape index (κ2) is 6.32. The van der Waals surface area contributed by atoms with E-state index in [0.717, 1.165) is 24.3 Å². The Morgan fingerprint density at radius 2 is 1.90 bits per heavy atom. The predicted octanol–water partition coefficient (Wildman–Crippen LogP) is 2.26. The summed E-state index contributed by atoms with van der Waals surface area (Å²) in [5.74, 6) is 1.79. The van der Waals surface area contributed by atoms with Crippen LogP contribution in [0.15, 0.2) is 30.9 Å². The summed E-state index contributed by atoms with van der Waals surface area (Å²) in [6.07, 6.45) is 6.11. The highest BCUT2D eigenvalue weighted by Crippen LogP contribution is 2.28. The Hall–Kier alpha value is -2.17. The van der Waals surface area contributed by atoms with Gasteiger partial charge in [-0.15, -0.1) is 0 Å². The number of anilines is 2. The molecule has 5 nitrogen and oxygen atoms in total. The lowest BCUT2D eigenvalue weighted by atomic mass is 10.0. The van der Waals surface area contributed by atoms with Crippen molar-refractivity contribution < 1.29 is 0 Å². The first-order valence-electron chi connectivity index (χ1n) is 6.80. The summed E-state index contributed by atoms with van der Waals surface area (Å²) in [5, 5.41) is 0. The van der Waals surface area contributed by atoms with Crippen LogP contribution >= 0.6 is 0 Å². The van der Waals surface area contributed by atoms with E-state index in [1.54, 1.807) is 0 Å². The molecule has 0 aliphatic heterocycles. The first-order valence-corrected chi connectivity index (χ1v) is 6.80. The molecule has 5 heteroatoms. The molecule has 0 saturated carbocycles. The van der Waals surface area contributed by atoms with Crippen LogP contribution in [0.5, 0.6) is 0 Å². The molecule has 2 aromatic rings. The maximum Gasteiger partial charge on any atom is 0.137 e. The van der Waals surface area contributed by atoms with Crippen molar-refractivity contribution in [2.75, 3.05) is 24.2 Å². The van der Waals surface area contributed by atoms with Crippen LogP contribution in [0, 0.1) is 0 Å². The summed E-state index contributed by atoms with van der Waals surface area (Å²) in [4.78, 5) is 14.7. The van der Waals surface area contributed by atoms with Crippen LogP contribution in [0.1, 0.15) is 30.9 Å².